The zero-order valence-electron chi connectivity index (χ0n) is 11.5. The van der Waals surface area contributed by atoms with Crippen LogP contribution in [0.15, 0.2) is 16.6 Å². The Labute approximate surface area is 117 Å². The molecule has 0 saturated heterocycles. The lowest BCUT2D eigenvalue weighted by atomic mass is 10.00. The van der Waals surface area contributed by atoms with Gasteiger partial charge in [-0.1, -0.05) is 20.3 Å². The first-order chi connectivity index (χ1) is 8.74. The van der Waals surface area contributed by atoms with Crippen molar-refractivity contribution in [3.8, 4) is 0 Å². The maximum Gasteiger partial charge on any atom is 0.266 e. The molecule has 0 aliphatic carbocycles. The van der Waals surface area contributed by atoms with Gasteiger partial charge < -0.3 is 4.57 Å². The van der Waals surface area contributed by atoms with E-state index < -0.39 is 22.0 Å². The van der Waals surface area contributed by atoms with Crippen LogP contribution in [-0.4, -0.2) is 31.2 Å². The molecule has 19 heavy (non-hydrogen) atoms. The maximum atomic E-state index is 12.1. The Hall–Kier alpha value is -0.990. The number of aryl methyl sites for hydroxylation is 1. The number of thiazole rings is 1. The predicted octanol–water partition coefficient (Wildman–Crippen LogP) is 0.478. The predicted molar refractivity (Wildman–Crippen MR) is 75.1 cm³/mol. The van der Waals surface area contributed by atoms with Crippen molar-refractivity contribution in [1.82, 2.24) is 9.29 Å². The number of nitrogens with zero attached hydrogens (tertiary/aromatic N) is 2. The van der Waals surface area contributed by atoms with E-state index in [9.17, 15) is 13.2 Å². The summed E-state index contributed by atoms with van der Waals surface area (Å²) in [4.78, 5) is 16.7. The Morgan fingerprint density at radius 2 is 2.21 bits per heavy atom. The molecule has 0 fully saturated rings. The minimum absolute atomic E-state index is 0.115. The molecule has 0 radical (unpaired) electrons. The SMILES string of the molecule is CC[C@H](C)[C@@H](NS(C)(=O)=O)C(=O)N=c1sccn1C. The van der Waals surface area contributed by atoms with Gasteiger partial charge in [0.05, 0.1) is 6.26 Å². The highest BCUT2D eigenvalue weighted by Gasteiger charge is 2.26. The molecule has 0 unspecified atom stereocenters. The molecule has 1 amide bonds. The molecule has 0 spiro atoms. The van der Waals surface area contributed by atoms with E-state index in [0.717, 1.165) is 6.26 Å². The van der Waals surface area contributed by atoms with Crippen LogP contribution in [0.5, 0.6) is 0 Å². The number of carbonyl (C=O) groups excluding carboxylic acids is 1. The third-order valence-corrected chi connectivity index (χ3v) is 4.32. The van der Waals surface area contributed by atoms with E-state index in [1.807, 2.05) is 19.2 Å². The average Bonchev–Trinajstić information content (AvgIpc) is 2.70. The Morgan fingerprint density at radius 3 is 2.63 bits per heavy atom. The molecule has 1 rings (SSSR count). The monoisotopic (exact) mass is 305 g/mol. The van der Waals surface area contributed by atoms with E-state index in [1.54, 1.807) is 17.8 Å². The van der Waals surface area contributed by atoms with E-state index in [2.05, 4.69) is 9.71 Å². The van der Waals surface area contributed by atoms with Gasteiger partial charge >= 0.3 is 0 Å². The molecular formula is C11H19N3O3S2. The van der Waals surface area contributed by atoms with Crippen molar-refractivity contribution < 1.29 is 13.2 Å². The van der Waals surface area contributed by atoms with Crippen LogP contribution in [0.1, 0.15) is 20.3 Å². The molecule has 108 valence electrons. The summed E-state index contributed by atoms with van der Waals surface area (Å²) < 4.78 is 26.7. The summed E-state index contributed by atoms with van der Waals surface area (Å²) >= 11 is 1.33. The van der Waals surface area contributed by atoms with Crippen LogP contribution < -0.4 is 9.52 Å². The molecule has 0 saturated carbocycles. The van der Waals surface area contributed by atoms with Crippen LogP contribution in [0, 0.1) is 5.92 Å². The topological polar surface area (TPSA) is 80.5 Å². The zero-order valence-corrected chi connectivity index (χ0v) is 13.1. The molecule has 1 aromatic rings. The molecular weight excluding hydrogens is 286 g/mol. The first kappa shape index (κ1) is 16.1. The van der Waals surface area contributed by atoms with E-state index in [4.69, 9.17) is 0 Å². The summed E-state index contributed by atoms with van der Waals surface area (Å²) in [6, 6.07) is -0.818. The van der Waals surface area contributed by atoms with Crippen molar-refractivity contribution in [2.24, 2.45) is 18.0 Å². The fraction of sp³-hybridized carbons (Fsp3) is 0.636. The van der Waals surface area contributed by atoms with Crippen molar-refractivity contribution in [1.29, 1.82) is 0 Å². The summed E-state index contributed by atoms with van der Waals surface area (Å²) in [5, 5.41) is 1.81. The third-order valence-electron chi connectivity index (χ3n) is 2.79. The van der Waals surface area contributed by atoms with Crippen molar-refractivity contribution in [3.05, 3.63) is 16.4 Å². The van der Waals surface area contributed by atoms with Gasteiger partial charge in [0.1, 0.15) is 6.04 Å². The quantitative estimate of drug-likeness (QED) is 0.859. The van der Waals surface area contributed by atoms with Gasteiger partial charge in [-0.2, -0.15) is 4.99 Å². The Morgan fingerprint density at radius 1 is 1.58 bits per heavy atom. The van der Waals surface area contributed by atoms with E-state index in [1.165, 1.54) is 11.3 Å². The highest BCUT2D eigenvalue weighted by atomic mass is 32.2. The first-order valence-electron chi connectivity index (χ1n) is 5.90. The normalized spacial score (nSPS) is 16.3. The number of aromatic nitrogens is 1. The molecule has 0 aliphatic rings. The Balaban J connectivity index is 3.06. The number of sulfonamides is 1. The molecule has 0 aliphatic heterocycles. The van der Waals surface area contributed by atoms with E-state index >= 15 is 0 Å². The highest BCUT2D eigenvalue weighted by Crippen LogP contribution is 2.10. The molecule has 1 aromatic heterocycles. The Kier molecular flexibility index (Phi) is 5.45. The largest absolute Gasteiger partial charge is 0.327 e. The van der Waals surface area contributed by atoms with Gasteiger partial charge in [-0.05, 0) is 5.92 Å². The molecule has 6 nitrogen and oxygen atoms in total. The van der Waals surface area contributed by atoms with Crippen LogP contribution in [0.25, 0.3) is 0 Å². The van der Waals surface area contributed by atoms with E-state index in [0.29, 0.717) is 11.2 Å². The fourth-order valence-electron chi connectivity index (χ4n) is 1.47. The van der Waals surface area contributed by atoms with Gasteiger partial charge in [0.25, 0.3) is 5.91 Å². The van der Waals surface area contributed by atoms with E-state index in [-0.39, 0.29) is 5.92 Å². The summed E-state index contributed by atoms with van der Waals surface area (Å²) in [6.07, 6.45) is 3.52. The Bertz CT molecular complexity index is 601. The van der Waals surface area contributed by atoms with Crippen molar-refractivity contribution in [3.63, 3.8) is 0 Å². The van der Waals surface area contributed by atoms with Crippen LogP contribution in [-0.2, 0) is 21.9 Å². The number of hydrogen-bond acceptors (Lipinski definition) is 4. The first-order valence-corrected chi connectivity index (χ1v) is 8.67. The molecule has 2 atom stereocenters. The molecule has 0 bridgehead atoms. The summed E-state index contributed by atoms with van der Waals surface area (Å²) in [5.74, 6) is -0.575. The lowest BCUT2D eigenvalue weighted by molar-refractivity contribution is -0.120. The van der Waals surface area contributed by atoms with Crippen LogP contribution in [0.2, 0.25) is 0 Å². The van der Waals surface area contributed by atoms with Crippen molar-refractivity contribution >= 4 is 27.3 Å². The van der Waals surface area contributed by atoms with Crippen molar-refractivity contribution in [2.45, 2.75) is 26.3 Å². The molecule has 1 N–H and O–H groups in total. The van der Waals surface area contributed by atoms with Crippen LogP contribution in [0.4, 0.5) is 0 Å². The van der Waals surface area contributed by atoms with Gasteiger partial charge in [-0.3, -0.25) is 4.79 Å². The molecule has 8 heteroatoms. The lowest BCUT2D eigenvalue weighted by Gasteiger charge is -2.19. The number of hydrogen-bond donors (Lipinski definition) is 1. The maximum absolute atomic E-state index is 12.1. The standard InChI is InChI=1S/C11H19N3O3S2/c1-5-8(2)9(13-19(4,16)17)10(15)12-11-14(3)6-7-18-11/h6-9,13H,5H2,1-4H3/t8-,9+/m0/s1. The van der Waals surface area contributed by atoms with Crippen LogP contribution >= 0.6 is 11.3 Å². The molecule has 1 heterocycles. The fourth-order valence-corrected chi connectivity index (χ4v) is 3.00. The van der Waals surface area contributed by atoms with Gasteiger partial charge in [0, 0.05) is 18.6 Å². The minimum atomic E-state index is -3.45. The smallest absolute Gasteiger partial charge is 0.266 e. The van der Waals surface area contributed by atoms with Gasteiger partial charge in [0.15, 0.2) is 4.80 Å². The summed E-state index contributed by atoms with van der Waals surface area (Å²) in [7, 11) is -1.66. The number of carbonyl (C=O) groups is 1. The minimum Gasteiger partial charge on any atom is -0.327 e. The number of nitrogens with one attached hydrogen (secondary N) is 1. The number of amides is 1. The second-order valence-electron chi connectivity index (χ2n) is 4.50. The van der Waals surface area contributed by atoms with Gasteiger partial charge in [-0.25, -0.2) is 13.1 Å². The average molecular weight is 305 g/mol. The third kappa shape index (κ3) is 4.88. The van der Waals surface area contributed by atoms with Crippen molar-refractivity contribution in [2.75, 3.05) is 6.26 Å². The summed E-state index contributed by atoms with van der Waals surface area (Å²) in [6.45, 7) is 3.73. The lowest BCUT2D eigenvalue weighted by Crippen LogP contribution is -2.44. The second kappa shape index (κ2) is 6.44. The zero-order chi connectivity index (χ0) is 14.6. The highest BCUT2D eigenvalue weighted by molar-refractivity contribution is 7.88. The second-order valence-corrected chi connectivity index (χ2v) is 7.15. The number of rotatable bonds is 5. The van der Waals surface area contributed by atoms with Gasteiger partial charge in [-0.15, -0.1) is 11.3 Å². The summed E-state index contributed by atoms with van der Waals surface area (Å²) in [5.41, 5.74) is 0. The molecule has 0 aromatic carbocycles. The van der Waals surface area contributed by atoms with Crippen LogP contribution in [0.3, 0.4) is 0 Å². The van der Waals surface area contributed by atoms with Gasteiger partial charge in [0.2, 0.25) is 10.0 Å².